The van der Waals surface area contributed by atoms with Crippen molar-refractivity contribution in [2.24, 2.45) is 4.99 Å². The van der Waals surface area contributed by atoms with E-state index in [-0.39, 0.29) is 5.91 Å². The van der Waals surface area contributed by atoms with Crippen LogP contribution in [0.25, 0.3) is 5.69 Å². The number of amides is 1. The summed E-state index contributed by atoms with van der Waals surface area (Å²) in [7, 11) is 0. The van der Waals surface area contributed by atoms with Gasteiger partial charge in [-0.1, -0.05) is 36.4 Å². The molecule has 0 bridgehead atoms. The van der Waals surface area contributed by atoms with E-state index in [9.17, 15) is 9.59 Å². The van der Waals surface area contributed by atoms with Gasteiger partial charge in [0.15, 0.2) is 0 Å². The van der Waals surface area contributed by atoms with E-state index in [1.54, 1.807) is 42.8 Å². The van der Waals surface area contributed by atoms with Crippen molar-refractivity contribution >= 4 is 11.9 Å². The molecule has 0 aliphatic heterocycles. The topological polar surface area (TPSA) is 78.5 Å². The minimum atomic E-state index is -0.404. The van der Waals surface area contributed by atoms with E-state index in [2.05, 4.69) is 10.1 Å². The first-order valence-corrected chi connectivity index (χ1v) is 10.7. The van der Waals surface area contributed by atoms with Crippen molar-refractivity contribution in [1.82, 2.24) is 14.3 Å². The molecule has 0 spiro atoms. The molecule has 33 heavy (non-hydrogen) atoms. The Labute approximate surface area is 191 Å². The highest BCUT2D eigenvalue weighted by molar-refractivity contribution is 5.95. The summed E-state index contributed by atoms with van der Waals surface area (Å²) in [5.74, 6) is -0.738. The van der Waals surface area contributed by atoms with Gasteiger partial charge in [-0.15, -0.1) is 0 Å². The van der Waals surface area contributed by atoms with E-state index < -0.39 is 5.97 Å². The zero-order chi connectivity index (χ0) is 23.2. The molecule has 0 aliphatic carbocycles. The molecule has 0 N–H and O–H groups in total. The third kappa shape index (κ3) is 4.98. The van der Waals surface area contributed by atoms with E-state index in [0.29, 0.717) is 35.5 Å². The summed E-state index contributed by atoms with van der Waals surface area (Å²) in [5.41, 5.74) is 3.99. The van der Waals surface area contributed by atoms with Crippen molar-refractivity contribution in [1.29, 1.82) is 0 Å². The van der Waals surface area contributed by atoms with Crippen LogP contribution in [0.3, 0.4) is 0 Å². The molecule has 0 fully saturated rings. The summed E-state index contributed by atoms with van der Waals surface area (Å²) >= 11 is 0. The SMILES string of the molecule is CCOC(=O)c1cnn(-c2ccc(C(=O)N=c3ccccn3Cc3ccccc3)cc2)c1C. The Hall–Kier alpha value is -4.26. The second-order valence-corrected chi connectivity index (χ2v) is 7.41. The van der Waals surface area contributed by atoms with Gasteiger partial charge >= 0.3 is 5.97 Å². The van der Waals surface area contributed by atoms with Crippen LogP contribution in [0.15, 0.2) is 90.2 Å². The summed E-state index contributed by atoms with van der Waals surface area (Å²) in [6.07, 6.45) is 3.40. The number of carbonyl (C=O) groups is 2. The minimum Gasteiger partial charge on any atom is -0.462 e. The van der Waals surface area contributed by atoms with Crippen molar-refractivity contribution in [3.8, 4) is 5.69 Å². The lowest BCUT2D eigenvalue weighted by atomic mass is 10.2. The van der Waals surface area contributed by atoms with E-state index >= 15 is 0 Å². The largest absolute Gasteiger partial charge is 0.462 e. The van der Waals surface area contributed by atoms with Crippen LogP contribution in [0.2, 0.25) is 0 Å². The normalized spacial score (nSPS) is 11.4. The summed E-state index contributed by atoms with van der Waals surface area (Å²) in [4.78, 5) is 29.2. The van der Waals surface area contributed by atoms with Gasteiger partial charge in [-0.05, 0) is 55.8 Å². The highest BCUT2D eigenvalue weighted by atomic mass is 16.5. The van der Waals surface area contributed by atoms with E-state index in [1.807, 2.05) is 59.3 Å². The molecule has 0 aliphatic rings. The fraction of sp³-hybridized carbons (Fsp3) is 0.154. The van der Waals surface area contributed by atoms with Gasteiger partial charge < -0.3 is 9.30 Å². The lowest BCUT2D eigenvalue weighted by Gasteiger charge is -2.08. The number of carbonyl (C=O) groups excluding carboxylic acids is 2. The van der Waals surface area contributed by atoms with Gasteiger partial charge in [-0.3, -0.25) is 4.79 Å². The maximum absolute atomic E-state index is 12.8. The number of hydrogen-bond acceptors (Lipinski definition) is 4. The van der Waals surface area contributed by atoms with Crippen molar-refractivity contribution in [2.75, 3.05) is 6.61 Å². The smallest absolute Gasteiger partial charge is 0.341 e. The Morgan fingerprint density at radius 3 is 2.42 bits per heavy atom. The number of esters is 1. The molecular weight excluding hydrogens is 416 g/mol. The zero-order valence-electron chi connectivity index (χ0n) is 18.5. The highest BCUT2D eigenvalue weighted by Crippen LogP contribution is 2.16. The molecule has 0 saturated heterocycles. The highest BCUT2D eigenvalue weighted by Gasteiger charge is 2.16. The Balaban J connectivity index is 1.57. The van der Waals surface area contributed by atoms with Crippen LogP contribution < -0.4 is 5.49 Å². The molecule has 0 saturated carbocycles. The Morgan fingerprint density at radius 2 is 1.70 bits per heavy atom. The van der Waals surface area contributed by atoms with Crippen LogP contribution in [0.5, 0.6) is 0 Å². The zero-order valence-corrected chi connectivity index (χ0v) is 18.5. The first kappa shape index (κ1) is 22.0. The Kier molecular flexibility index (Phi) is 6.59. The Bertz CT molecular complexity index is 1340. The van der Waals surface area contributed by atoms with Crippen LogP contribution in [-0.4, -0.2) is 32.8 Å². The second kappa shape index (κ2) is 9.91. The maximum Gasteiger partial charge on any atom is 0.341 e. The van der Waals surface area contributed by atoms with Crippen LogP contribution in [0.4, 0.5) is 0 Å². The lowest BCUT2D eigenvalue weighted by Crippen LogP contribution is -2.22. The second-order valence-electron chi connectivity index (χ2n) is 7.41. The molecule has 7 heteroatoms. The standard InChI is InChI=1S/C26H24N4O3/c1-3-33-26(32)23-17-27-30(19(23)2)22-14-12-21(13-15-22)25(31)28-24-11-7-8-16-29(24)18-20-9-5-4-6-10-20/h4-17H,3,18H2,1-2H3. The molecule has 2 aromatic carbocycles. The molecule has 1 amide bonds. The van der Waals surface area contributed by atoms with Gasteiger partial charge in [-0.25, -0.2) is 9.48 Å². The molecule has 4 aromatic rings. The quantitative estimate of drug-likeness (QED) is 0.426. The van der Waals surface area contributed by atoms with Crippen molar-refractivity contribution in [2.45, 2.75) is 20.4 Å². The van der Waals surface area contributed by atoms with Gasteiger partial charge in [0.05, 0.1) is 24.2 Å². The minimum absolute atomic E-state index is 0.302. The third-order valence-electron chi connectivity index (χ3n) is 5.19. The van der Waals surface area contributed by atoms with Gasteiger partial charge in [0.1, 0.15) is 11.1 Å². The van der Waals surface area contributed by atoms with Gasteiger partial charge in [0.25, 0.3) is 5.91 Å². The van der Waals surface area contributed by atoms with E-state index in [0.717, 1.165) is 11.3 Å². The summed E-state index contributed by atoms with van der Waals surface area (Å²) in [6, 6.07) is 22.6. The van der Waals surface area contributed by atoms with Crippen molar-refractivity contribution in [3.63, 3.8) is 0 Å². The van der Waals surface area contributed by atoms with Crippen LogP contribution in [0.1, 0.15) is 38.9 Å². The number of benzene rings is 2. The number of hydrogen-bond donors (Lipinski definition) is 0. The predicted octanol–water partition coefficient (Wildman–Crippen LogP) is 3.95. The molecule has 166 valence electrons. The molecule has 0 unspecified atom stereocenters. The molecule has 0 radical (unpaired) electrons. The monoisotopic (exact) mass is 440 g/mol. The van der Waals surface area contributed by atoms with Crippen molar-refractivity contribution < 1.29 is 14.3 Å². The molecule has 2 aromatic heterocycles. The number of nitrogens with zero attached hydrogens (tertiary/aromatic N) is 4. The summed E-state index contributed by atoms with van der Waals surface area (Å²) < 4.78 is 8.64. The van der Waals surface area contributed by atoms with Gasteiger partial charge in [0, 0.05) is 18.3 Å². The average molecular weight is 441 g/mol. The fourth-order valence-electron chi connectivity index (χ4n) is 3.48. The third-order valence-corrected chi connectivity index (χ3v) is 5.19. The molecular formula is C26H24N4O3. The first-order chi connectivity index (χ1) is 16.1. The number of ether oxygens (including phenoxy) is 1. The molecule has 4 rings (SSSR count). The fourth-order valence-corrected chi connectivity index (χ4v) is 3.48. The van der Waals surface area contributed by atoms with Gasteiger partial charge in [0.2, 0.25) is 0 Å². The van der Waals surface area contributed by atoms with E-state index in [1.165, 1.54) is 6.20 Å². The first-order valence-electron chi connectivity index (χ1n) is 10.7. The predicted molar refractivity (Wildman–Crippen MR) is 124 cm³/mol. The van der Waals surface area contributed by atoms with Crippen LogP contribution in [0, 0.1) is 6.92 Å². The summed E-state index contributed by atoms with van der Waals surface area (Å²) in [6.45, 7) is 4.48. The lowest BCUT2D eigenvalue weighted by molar-refractivity contribution is 0.0525. The summed E-state index contributed by atoms with van der Waals surface area (Å²) in [5, 5.41) is 4.29. The number of rotatable bonds is 6. The van der Waals surface area contributed by atoms with Crippen LogP contribution >= 0.6 is 0 Å². The molecule has 7 nitrogen and oxygen atoms in total. The van der Waals surface area contributed by atoms with Gasteiger partial charge in [-0.2, -0.15) is 10.1 Å². The number of aromatic nitrogens is 3. The average Bonchev–Trinajstić information content (AvgIpc) is 3.22. The van der Waals surface area contributed by atoms with Crippen LogP contribution in [-0.2, 0) is 11.3 Å². The number of pyridine rings is 1. The maximum atomic E-state index is 12.8. The molecule has 2 heterocycles. The molecule has 0 atom stereocenters. The van der Waals surface area contributed by atoms with E-state index in [4.69, 9.17) is 4.74 Å². The Morgan fingerprint density at radius 1 is 0.970 bits per heavy atom. The van der Waals surface area contributed by atoms with Crippen molar-refractivity contribution in [3.05, 3.63) is 113 Å².